The molecule has 8 N–H and O–H groups in total. The zero-order valence-corrected chi connectivity index (χ0v) is 20.2. The summed E-state index contributed by atoms with van der Waals surface area (Å²) < 4.78 is 0. The number of aliphatic carboxylic acids is 2. The Balaban J connectivity index is 1.93. The summed E-state index contributed by atoms with van der Waals surface area (Å²) in [6.45, 7) is 3.07. The van der Waals surface area contributed by atoms with Crippen LogP contribution >= 0.6 is 0 Å². The molecule has 2 rings (SSSR count). The number of rotatable bonds is 14. The van der Waals surface area contributed by atoms with Crippen molar-refractivity contribution in [3.8, 4) is 0 Å². The predicted octanol–water partition coefficient (Wildman–Crippen LogP) is 0.119. The minimum absolute atomic E-state index is 0.252. The lowest BCUT2D eigenvalue weighted by Gasteiger charge is -2.25. The van der Waals surface area contributed by atoms with Gasteiger partial charge in [-0.2, -0.15) is 0 Å². The average molecular weight is 504 g/mol. The summed E-state index contributed by atoms with van der Waals surface area (Å²) in [5.41, 5.74) is 7.80. The van der Waals surface area contributed by atoms with Crippen LogP contribution in [0.1, 0.15) is 38.7 Å². The van der Waals surface area contributed by atoms with Crippen LogP contribution in [0.2, 0.25) is 0 Å². The summed E-state index contributed by atoms with van der Waals surface area (Å²) in [6, 6.07) is 4.18. The van der Waals surface area contributed by atoms with Crippen molar-refractivity contribution in [2.45, 2.75) is 57.7 Å². The second kappa shape index (κ2) is 13.2. The number of para-hydroxylation sites is 1. The van der Waals surface area contributed by atoms with Gasteiger partial charge in [0.1, 0.15) is 12.1 Å². The van der Waals surface area contributed by atoms with Crippen LogP contribution in [0.15, 0.2) is 30.5 Å². The number of benzene rings is 1. The fourth-order valence-corrected chi connectivity index (χ4v) is 3.64. The summed E-state index contributed by atoms with van der Waals surface area (Å²) in [5.74, 6) is -4.88. The molecule has 0 fully saturated rings. The molecule has 0 aliphatic carbocycles. The van der Waals surface area contributed by atoms with Gasteiger partial charge in [-0.25, -0.2) is 4.79 Å². The molecule has 0 spiro atoms. The lowest BCUT2D eigenvalue weighted by molar-refractivity contribution is -0.143. The van der Waals surface area contributed by atoms with E-state index in [1.807, 2.05) is 24.3 Å². The minimum Gasteiger partial charge on any atom is -0.481 e. The van der Waals surface area contributed by atoms with E-state index < -0.39 is 60.8 Å². The summed E-state index contributed by atoms with van der Waals surface area (Å²) in [6.07, 6.45) is 1.78. The summed E-state index contributed by atoms with van der Waals surface area (Å²) in [5, 5.41) is 26.3. The van der Waals surface area contributed by atoms with Gasteiger partial charge < -0.3 is 36.9 Å². The van der Waals surface area contributed by atoms with Gasteiger partial charge >= 0.3 is 11.9 Å². The molecular weight excluding hydrogens is 470 g/mol. The van der Waals surface area contributed by atoms with Crippen LogP contribution in [0.25, 0.3) is 10.9 Å². The van der Waals surface area contributed by atoms with Gasteiger partial charge in [-0.1, -0.05) is 38.5 Å². The van der Waals surface area contributed by atoms with E-state index in [0.29, 0.717) is 6.42 Å². The smallest absolute Gasteiger partial charge is 0.326 e. The molecule has 12 heteroatoms. The molecule has 36 heavy (non-hydrogen) atoms. The Bertz CT molecular complexity index is 1100. The van der Waals surface area contributed by atoms with E-state index in [0.717, 1.165) is 16.5 Å². The number of carboxylic acids is 2. The first-order chi connectivity index (χ1) is 17.0. The molecule has 1 aromatic carbocycles. The number of carbonyl (C=O) groups is 5. The normalized spacial score (nSPS) is 14.3. The van der Waals surface area contributed by atoms with Crippen molar-refractivity contribution in [2.24, 2.45) is 11.7 Å². The predicted molar refractivity (Wildman–Crippen MR) is 131 cm³/mol. The number of nitrogens with one attached hydrogen (secondary N) is 4. The van der Waals surface area contributed by atoms with E-state index in [-0.39, 0.29) is 18.8 Å². The number of aromatic amines is 1. The second-order valence-electron chi connectivity index (χ2n) is 8.65. The fourth-order valence-electron chi connectivity index (χ4n) is 3.64. The van der Waals surface area contributed by atoms with Crippen molar-refractivity contribution >= 4 is 40.6 Å². The molecule has 4 unspecified atom stereocenters. The molecule has 3 amide bonds. The monoisotopic (exact) mass is 503 g/mol. The first-order valence-corrected chi connectivity index (χ1v) is 11.7. The molecule has 12 nitrogen and oxygen atoms in total. The van der Waals surface area contributed by atoms with Gasteiger partial charge in [-0.05, 0) is 30.4 Å². The van der Waals surface area contributed by atoms with Crippen molar-refractivity contribution in [1.82, 2.24) is 20.9 Å². The van der Waals surface area contributed by atoms with Gasteiger partial charge in [0, 0.05) is 23.5 Å². The number of nitrogens with two attached hydrogens (primary N) is 1. The summed E-state index contributed by atoms with van der Waals surface area (Å²) in [4.78, 5) is 62.9. The van der Waals surface area contributed by atoms with Crippen molar-refractivity contribution in [3.05, 3.63) is 36.0 Å². The molecule has 0 saturated carbocycles. The Labute approximate surface area is 208 Å². The van der Waals surface area contributed by atoms with Gasteiger partial charge in [-0.15, -0.1) is 0 Å². The third-order valence-electron chi connectivity index (χ3n) is 5.95. The van der Waals surface area contributed by atoms with Gasteiger partial charge in [0.2, 0.25) is 17.7 Å². The number of hydrogen-bond donors (Lipinski definition) is 7. The fraction of sp³-hybridized carbons (Fsp3) is 0.458. The molecule has 0 aliphatic rings. The van der Waals surface area contributed by atoms with Gasteiger partial charge in [-0.3, -0.25) is 19.2 Å². The number of amides is 3. The third-order valence-corrected chi connectivity index (χ3v) is 5.95. The van der Waals surface area contributed by atoms with E-state index >= 15 is 0 Å². The molecule has 0 radical (unpaired) electrons. The summed E-state index contributed by atoms with van der Waals surface area (Å²) >= 11 is 0. The number of hydrogen-bond acceptors (Lipinski definition) is 6. The van der Waals surface area contributed by atoms with E-state index in [2.05, 4.69) is 20.9 Å². The maximum atomic E-state index is 12.7. The highest BCUT2D eigenvalue weighted by Crippen LogP contribution is 2.18. The van der Waals surface area contributed by atoms with Crippen molar-refractivity contribution in [3.63, 3.8) is 0 Å². The Hall–Kier alpha value is -3.93. The van der Waals surface area contributed by atoms with Crippen molar-refractivity contribution in [1.29, 1.82) is 0 Å². The zero-order valence-electron chi connectivity index (χ0n) is 20.2. The molecule has 196 valence electrons. The maximum Gasteiger partial charge on any atom is 0.326 e. The van der Waals surface area contributed by atoms with Crippen LogP contribution in [-0.4, -0.2) is 69.5 Å². The second-order valence-corrected chi connectivity index (χ2v) is 8.65. The topological polar surface area (TPSA) is 204 Å². The number of fused-ring (bicyclic) bond motifs is 1. The van der Waals surface area contributed by atoms with E-state index in [9.17, 15) is 29.1 Å². The van der Waals surface area contributed by atoms with Gasteiger partial charge in [0.25, 0.3) is 0 Å². The number of H-pyrrole nitrogens is 1. The Kier molecular flexibility index (Phi) is 10.4. The maximum absolute atomic E-state index is 12.7. The quantitative estimate of drug-likeness (QED) is 0.188. The Morgan fingerprint density at radius 2 is 1.75 bits per heavy atom. The lowest BCUT2D eigenvalue weighted by atomic mass is 9.97. The Morgan fingerprint density at radius 1 is 1.06 bits per heavy atom. The largest absolute Gasteiger partial charge is 0.481 e. The standard InChI is InChI=1S/C24H33N5O7/c1-3-13(2)21(23(34)28-18(24(35)36)8-9-20(31)32)29-19(30)12-27-22(33)16(25)10-14-11-26-17-7-5-4-6-15(14)17/h4-7,11,13,16,18,21,26H,3,8-10,12,25H2,1-2H3,(H,27,33)(H,28,34)(H,29,30)(H,31,32)(H,35,36). The van der Waals surface area contributed by atoms with Crippen LogP contribution < -0.4 is 21.7 Å². The molecule has 0 aliphatic heterocycles. The zero-order chi connectivity index (χ0) is 26.8. The highest BCUT2D eigenvalue weighted by Gasteiger charge is 2.30. The van der Waals surface area contributed by atoms with Crippen LogP contribution in [0, 0.1) is 5.92 Å². The highest BCUT2D eigenvalue weighted by molar-refractivity contribution is 5.93. The first-order valence-electron chi connectivity index (χ1n) is 11.7. The van der Waals surface area contributed by atoms with E-state index in [1.54, 1.807) is 20.0 Å². The molecule has 1 aromatic heterocycles. The highest BCUT2D eigenvalue weighted by atomic mass is 16.4. The van der Waals surface area contributed by atoms with Crippen LogP contribution in [-0.2, 0) is 30.4 Å². The van der Waals surface area contributed by atoms with Crippen molar-refractivity contribution in [2.75, 3.05) is 6.54 Å². The minimum atomic E-state index is -1.42. The van der Waals surface area contributed by atoms with Crippen LogP contribution in [0.3, 0.4) is 0 Å². The van der Waals surface area contributed by atoms with Gasteiger partial charge in [0.05, 0.1) is 12.6 Å². The van der Waals surface area contributed by atoms with E-state index in [1.165, 1.54) is 0 Å². The SMILES string of the molecule is CCC(C)C(NC(=O)CNC(=O)C(N)Cc1c[nH]c2ccccc12)C(=O)NC(CCC(=O)O)C(=O)O. The van der Waals surface area contributed by atoms with Gasteiger partial charge in [0.15, 0.2) is 0 Å². The Morgan fingerprint density at radius 3 is 2.39 bits per heavy atom. The summed E-state index contributed by atoms with van der Waals surface area (Å²) in [7, 11) is 0. The molecule has 0 saturated heterocycles. The number of aromatic nitrogens is 1. The third kappa shape index (κ3) is 8.08. The number of carboxylic acid groups (broad SMARTS) is 2. The molecule has 2 aromatic rings. The van der Waals surface area contributed by atoms with Crippen LogP contribution in [0.4, 0.5) is 0 Å². The lowest BCUT2D eigenvalue weighted by Crippen LogP contribution is -2.56. The van der Waals surface area contributed by atoms with E-state index in [4.69, 9.17) is 10.8 Å². The van der Waals surface area contributed by atoms with Crippen molar-refractivity contribution < 1.29 is 34.2 Å². The average Bonchev–Trinajstić information content (AvgIpc) is 3.25. The molecule has 4 atom stereocenters. The first kappa shape index (κ1) is 28.3. The molecule has 1 heterocycles. The van der Waals surface area contributed by atoms with Crippen LogP contribution in [0.5, 0.6) is 0 Å². The number of carbonyl (C=O) groups excluding carboxylic acids is 3. The molecular formula is C24H33N5O7. The molecule has 0 bridgehead atoms.